The molecule has 1 aliphatic rings. The number of benzene rings is 1. The molecule has 0 unspecified atom stereocenters. The molecule has 12 heteroatoms. The average molecular weight is 528 g/mol. The number of nitrogens with one attached hydrogen (secondary N) is 1. The number of rotatable bonds is 10. The molecule has 3 aromatic heterocycles. The van der Waals surface area contributed by atoms with Gasteiger partial charge in [-0.15, -0.1) is 0 Å². The van der Waals surface area contributed by atoms with E-state index in [0.29, 0.717) is 30.4 Å². The van der Waals surface area contributed by atoms with E-state index in [0.717, 1.165) is 29.3 Å². The highest BCUT2D eigenvalue weighted by Crippen LogP contribution is 2.42. The Morgan fingerprint density at radius 1 is 1.23 bits per heavy atom. The second kappa shape index (κ2) is 10.5. The van der Waals surface area contributed by atoms with E-state index in [9.17, 15) is 15.4 Å². The fraction of sp³-hybridized carbons (Fsp3) is 0.333. The van der Waals surface area contributed by atoms with Crippen molar-refractivity contribution in [3.63, 3.8) is 0 Å². The standard InChI is InChI=1S/C27H29N9O3/c1-33(2)11-12-34(3)25-23(36(37)38)13-21(26(32-25)39-4)30-27-29-15-17(14-28)24(31-27)20-16-35(18-9-10-18)22-8-6-5-7-19(20)22/h5-8,13,15-16,18H,9-12H2,1-4H3,(H,29,30,31). The molecule has 1 saturated carbocycles. The second-order valence-electron chi connectivity index (χ2n) is 9.76. The van der Waals surface area contributed by atoms with Gasteiger partial charge in [-0.3, -0.25) is 10.1 Å². The number of para-hydroxylation sites is 1. The summed E-state index contributed by atoms with van der Waals surface area (Å²) in [6.07, 6.45) is 5.73. The van der Waals surface area contributed by atoms with Crippen LogP contribution in [0.15, 0.2) is 42.7 Å². The molecule has 0 radical (unpaired) electrons. The molecule has 5 rings (SSSR count). The van der Waals surface area contributed by atoms with Gasteiger partial charge in [-0.25, -0.2) is 9.97 Å². The zero-order valence-corrected chi connectivity index (χ0v) is 22.2. The Balaban J connectivity index is 1.55. The van der Waals surface area contributed by atoms with Crippen molar-refractivity contribution in [2.45, 2.75) is 18.9 Å². The molecule has 0 aliphatic heterocycles. The molecular formula is C27H29N9O3. The van der Waals surface area contributed by atoms with Gasteiger partial charge in [-0.1, -0.05) is 18.2 Å². The number of anilines is 3. The Hall–Kier alpha value is -4.76. The predicted octanol–water partition coefficient (Wildman–Crippen LogP) is 4.36. The van der Waals surface area contributed by atoms with E-state index in [1.807, 2.05) is 43.4 Å². The first-order valence-corrected chi connectivity index (χ1v) is 12.5. The lowest BCUT2D eigenvalue weighted by molar-refractivity contribution is -0.384. The molecule has 12 nitrogen and oxygen atoms in total. The third-order valence-corrected chi connectivity index (χ3v) is 6.67. The number of fused-ring (bicyclic) bond motifs is 1. The highest BCUT2D eigenvalue weighted by Gasteiger charge is 2.28. The zero-order valence-electron chi connectivity index (χ0n) is 22.2. The largest absolute Gasteiger partial charge is 0.479 e. The summed E-state index contributed by atoms with van der Waals surface area (Å²) in [5.74, 6) is 0.515. The van der Waals surface area contributed by atoms with Crippen molar-refractivity contribution in [1.29, 1.82) is 5.26 Å². The first-order chi connectivity index (χ1) is 18.8. The fourth-order valence-electron chi connectivity index (χ4n) is 4.49. The second-order valence-corrected chi connectivity index (χ2v) is 9.76. The average Bonchev–Trinajstić information content (AvgIpc) is 3.71. The molecule has 0 saturated heterocycles. The molecule has 39 heavy (non-hydrogen) atoms. The molecule has 0 amide bonds. The van der Waals surface area contributed by atoms with Crippen molar-refractivity contribution in [1.82, 2.24) is 24.4 Å². The van der Waals surface area contributed by atoms with Crippen LogP contribution in [-0.2, 0) is 0 Å². The summed E-state index contributed by atoms with van der Waals surface area (Å²) < 4.78 is 7.72. The minimum atomic E-state index is -0.475. The summed E-state index contributed by atoms with van der Waals surface area (Å²) in [7, 11) is 7.05. The van der Waals surface area contributed by atoms with Crippen molar-refractivity contribution < 1.29 is 9.66 Å². The predicted molar refractivity (Wildman–Crippen MR) is 149 cm³/mol. The summed E-state index contributed by atoms with van der Waals surface area (Å²) in [6, 6.07) is 12.0. The van der Waals surface area contributed by atoms with Gasteiger partial charge in [0.1, 0.15) is 11.8 Å². The number of pyridine rings is 1. The van der Waals surface area contributed by atoms with E-state index < -0.39 is 4.92 Å². The van der Waals surface area contributed by atoms with Crippen LogP contribution in [0.25, 0.3) is 22.2 Å². The van der Waals surface area contributed by atoms with Crippen molar-refractivity contribution in [3.05, 3.63) is 58.4 Å². The number of methoxy groups -OCH3 is 1. The van der Waals surface area contributed by atoms with Crippen LogP contribution in [0.5, 0.6) is 5.88 Å². The highest BCUT2D eigenvalue weighted by atomic mass is 16.6. The van der Waals surface area contributed by atoms with Crippen LogP contribution < -0.4 is 15.0 Å². The van der Waals surface area contributed by atoms with Gasteiger partial charge in [0.05, 0.1) is 29.5 Å². The molecule has 1 fully saturated rings. The number of nitrogens with zero attached hydrogens (tertiary/aromatic N) is 8. The van der Waals surface area contributed by atoms with Crippen molar-refractivity contribution in [3.8, 4) is 23.2 Å². The van der Waals surface area contributed by atoms with Crippen LogP contribution in [0.3, 0.4) is 0 Å². The normalized spacial score (nSPS) is 12.9. The maximum Gasteiger partial charge on any atom is 0.313 e. The fourth-order valence-corrected chi connectivity index (χ4v) is 4.49. The van der Waals surface area contributed by atoms with E-state index in [1.165, 1.54) is 19.4 Å². The first kappa shape index (κ1) is 25.9. The van der Waals surface area contributed by atoms with Gasteiger partial charge in [0.2, 0.25) is 17.6 Å². The molecule has 200 valence electrons. The molecule has 0 bridgehead atoms. The van der Waals surface area contributed by atoms with E-state index in [2.05, 4.69) is 37.0 Å². The van der Waals surface area contributed by atoms with Crippen molar-refractivity contribution >= 4 is 34.0 Å². The summed E-state index contributed by atoms with van der Waals surface area (Å²) in [5.41, 5.74) is 2.78. The maximum absolute atomic E-state index is 12.0. The maximum atomic E-state index is 12.0. The highest BCUT2D eigenvalue weighted by molar-refractivity contribution is 5.96. The Kier molecular flexibility index (Phi) is 7.00. The van der Waals surface area contributed by atoms with Gasteiger partial charge in [0.15, 0.2) is 0 Å². The third kappa shape index (κ3) is 5.17. The number of likely N-dealkylation sites (N-methyl/N-ethyl adjacent to an activating group) is 2. The molecule has 4 aromatic rings. The Labute approximate surface area is 225 Å². The smallest absolute Gasteiger partial charge is 0.313 e. The lowest BCUT2D eigenvalue weighted by Gasteiger charge is -2.21. The van der Waals surface area contributed by atoms with Crippen LogP contribution in [0, 0.1) is 21.4 Å². The molecule has 0 atom stereocenters. The molecular weight excluding hydrogens is 498 g/mol. The SMILES string of the molecule is COc1nc(N(C)CCN(C)C)c([N+](=O)[O-])cc1Nc1ncc(C#N)c(-c2cn(C3CC3)c3ccccc23)n1. The minimum Gasteiger partial charge on any atom is -0.479 e. The summed E-state index contributed by atoms with van der Waals surface area (Å²) >= 11 is 0. The van der Waals surface area contributed by atoms with Crippen LogP contribution in [-0.4, -0.2) is 70.7 Å². The third-order valence-electron chi connectivity index (χ3n) is 6.67. The molecule has 1 N–H and O–H groups in total. The van der Waals surface area contributed by atoms with Crippen LogP contribution in [0.2, 0.25) is 0 Å². The van der Waals surface area contributed by atoms with Crippen LogP contribution in [0.4, 0.5) is 23.1 Å². The summed E-state index contributed by atoms with van der Waals surface area (Å²) in [4.78, 5) is 28.6. The van der Waals surface area contributed by atoms with E-state index >= 15 is 0 Å². The van der Waals surface area contributed by atoms with Crippen LogP contribution in [0.1, 0.15) is 24.4 Å². The number of aromatic nitrogens is 4. The van der Waals surface area contributed by atoms with Crippen molar-refractivity contribution in [2.75, 3.05) is 51.6 Å². The van der Waals surface area contributed by atoms with Gasteiger partial charge in [0.25, 0.3) is 0 Å². The Bertz CT molecular complexity index is 1590. The number of hydrogen-bond acceptors (Lipinski definition) is 10. The van der Waals surface area contributed by atoms with Gasteiger partial charge in [-0.05, 0) is 33.0 Å². The van der Waals surface area contributed by atoms with E-state index in [1.54, 1.807) is 11.9 Å². The van der Waals surface area contributed by atoms with Crippen LogP contribution >= 0.6 is 0 Å². The lowest BCUT2D eigenvalue weighted by Crippen LogP contribution is -2.29. The number of hydrogen-bond donors (Lipinski definition) is 1. The van der Waals surface area contributed by atoms with Gasteiger partial charge >= 0.3 is 5.69 Å². The Morgan fingerprint density at radius 3 is 2.67 bits per heavy atom. The number of nitriles is 1. The molecule has 1 aromatic carbocycles. The number of ether oxygens (including phenoxy) is 1. The van der Waals surface area contributed by atoms with E-state index in [-0.39, 0.29) is 29.0 Å². The van der Waals surface area contributed by atoms with E-state index in [4.69, 9.17) is 4.74 Å². The molecule has 1 aliphatic carbocycles. The monoisotopic (exact) mass is 527 g/mol. The summed E-state index contributed by atoms with van der Waals surface area (Å²) in [5, 5.41) is 25.8. The van der Waals surface area contributed by atoms with Gasteiger partial charge < -0.3 is 24.4 Å². The minimum absolute atomic E-state index is 0.159. The quantitative estimate of drug-likeness (QED) is 0.234. The Morgan fingerprint density at radius 2 is 2.00 bits per heavy atom. The molecule has 0 spiro atoms. The topological polar surface area (TPSA) is 138 Å². The summed E-state index contributed by atoms with van der Waals surface area (Å²) in [6.45, 7) is 1.23. The van der Waals surface area contributed by atoms with Gasteiger partial charge in [0, 0.05) is 54.9 Å². The number of nitro groups is 1. The van der Waals surface area contributed by atoms with Gasteiger partial charge in [-0.2, -0.15) is 10.2 Å². The molecule has 3 heterocycles. The first-order valence-electron chi connectivity index (χ1n) is 12.5. The zero-order chi connectivity index (χ0) is 27.7. The van der Waals surface area contributed by atoms with Crippen molar-refractivity contribution in [2.24, 2.45) is 0 Å². The lowest BCUT2D eigenvalue weighted by atomic mass is 10.1.